The summed E-state index contributed by atoms with van der Waals surface area (Å²) in [6, 6.07) is 7.38. The van der Waals surface area contributed by atoms with Crippen molar-refractivity contribution in [2.24, 2.45) is 0 Å². The van der Waals surface area contributed by atoms with Crippen molar-refractivity contribution in [1.82, 2.24) is 0 Å². The molecule has 0 aliphatic carbocycles. The number of unbranched alkanes of at least 4 members (excludes halogenated alkanes) is 2. The van der Waals surface area contributed by atoms with Gasteiger partial charge in [-0.25, -0.2) is 0 Å². The van der Waals surface area contributed by atoms with Crippen molar-refractivity contribution in [2.75, 3.05) is 0 Å². The fourth-order valence-corrected chi connectivity index (χ4v) is 1.50. The SMILES string of the molecule is CCCCC#CCC(=O)c1ccc(Br)cc1. The van der Waals surface area contributed by atoms with Crippen LogP contribution in [0.5, 0.6) is 0 Å². The molecule has 84 valence electrons. The molecule has 2 heteroatoms. The summed E-state index contributed by atoms with van der Waals surface area (Å²) in [5.41, 5.74) is 0.730. The van der Waals surface area contributed by atoms with Gasteiger partial charge in [0.05, 0.1) is 6.42 Å². The second kappa shape index (κ2) is 7.24. The highest BCUT2D eigenvalue weighted by Crippen LogP contribution is 2.11. The van der Waals surface area contributed by atoms with Crippen molar-refractivity contribution in [2.45, 2.75) is 32.6 Å². The van der Waals surface area contributed by atoms with Gasteiger partial charge in [-0.05, 0) is 18.6 Å². The molecule has 1 aromatic rings. The Balaban J connectivity index is 2.45. The molecule has 0 unspecified atom stereocenters. The number of hydrogen-bond acceptors (Lipinski definition) is 1. The van der Waals surface area contributed by atoms with Gasteiger partial charge in [0.25, 0.3) is 0 Å². The Morgan fingerprint density at radius 3 is 2.56 bits per heavy atom. The summed E-state index contributed by atoms with van der Waals surface area (Å²) in [5, 5.41) is 0. The first-order valence-electron chi connectivity index (χ1n) is 5.48. The van der Waals surface area contributed by atoms with Crippen LogP contribution in [0.1, 0.15) is 43.0 Å². The average molecular weight is 279 g/mol. The Kier molecular flexibility index (Phi) is 5.88. The molecule has 0 aliphatic heterocycles. The van der Waals surface area contributed by atoms with Crippen LogP contribution in [0, 0.1) is 11.8 Å². The lowest BCUT2D eigenvalue weighted by atomic mass is 10.1. The van der Waals surface area contributed by atoms with Crippen molar-refractivity contribution in [3.63, 3.8) is 0 Å². The van der Waals surface area contributed by atoms with E-state index >= 15 is 0 Å². The topological polar surface area (TPSA) is 17.1 Å². The lowest BCUT2D eigenvalue weighted by Crippen LogP contribution is -1.96. The number of halogens is 1. The van der Waals surface area contributed by atoms with Gasteiger partial charge in [0.1, 0.15) is 0 Å². The van der Waals surface area contributed by atoms with Gasteiger partial charge < -0.3 is 0 Å². The lowest BCUT2D eigenvalue weighted by Gasteiger charge is -1.96. The molecular weight excluding hydrogens is 264 g/mol. The predicted octanol–water partition coefficient (Wildman–Crippen LogP) is 4.22. The first-order valence-corrected chi connectivity index (χ1v) is 6.28. The van der Waals surface area contributed by atoms with Crippen molar-refractivity contribution in [3.05, 3.63) is 34.3 Å². The van der Waals surface area contributed by atoms with E-state index in [1.807, 2.05) is 24.3 Å². The van der Waals surface area contributed by atoms with Crippen LogP contribution in [-0.4, -0.2) is 5.78 Å². The Bertz CT molecular complexity index is 395. The molecule has 0 bridgehead atoms. The molecule has 0 atom stereocenters. The highest BCUT2D eigenvalue weighted by atomic mass is 79.9. The van der Waals surface area contributed by atoms with Gasteiger partial charge in [0, 0.05) is 16.5 Å². The van der Waals surface area contributed by atoms with E-state index in [9.17, 15) is 4.79 Å². The van der Waals surface area contributed by atoms with Gasteiger partial charge in [0.2, 0.25) is 0 Å². The number of rotatable bonds is 4. The standard InChI is InChI=1S/C14H15BrO/c1-2-3-4-5-6-7-14(16)12-8-10-13(15)11-9-12/h8-11H,2-4,7H2,1H3. The van der Waals surface area contributed by atoms with Crippen molar-refractivity contribution >= 4 is 21.7 Å². The molecule has 0 amide bonds. The van der Waals surface area contributed by atoms with Gasteiger partial charge in [-0.1, -0.05) is 47.3 Å². The Labute approximate surface area is 105 Å². The van der Waals surface area contributed by atoms with Gasteiger partial charge in [-0.2, -0.15) is 0 Å². The second-order valence-corrected chi connectivity index (χ2v) is 4.48. The first-order chi connectivity index (χ1) is 7.74. The van der Waals surface area contributed by atoms with Crippen LogP contribution in [0.3, 0.4) is 0 Å². The number of carbonyl (C=O) groups excluding carboxylic acids is 1. The van der Waals surface area contributed by atoms with E-state index in [0.29, 0.717) is 6.42 Å². The van der Waals surface area contributed by atoms with E-state index in [1.165, 1.54) is 0 Å². The number of carbonyl (C=O) groups is 1. The fourth-order valence-electron chi connectivity index (χ4n) is 1.23. The number of hydrogen-bond donors (Lipinski definition) is 0. The van der Waals surface area contributed by atoms with Crippen molar-refractivity contribution in [3.8, 4) is 11.8 Å². The molecule has 0 saturated carbocycles. The summed E-state index contributed by atoms with van der Waals surface area (Å²) in [4.78, 5) is 11.7. The molecular formula is C14H15BrO. The van der Waals surface area contributed by atoms with Crippen LogP contribution >= 0.6 is 15.9 Å². The van der Waals surface area contributed by atoms with Crippen molar-refractivity contribution in [1.29, 1.82) is 0 Å². The molecule has 1 rings (SSSR count). The van der Waals surface area contributed by atoms with Gasteiger partial charge in [0.15, 0.2) is 5.78 Å². The van der Waals surface area contributed by atoms with E-state index in [1.54, 1.807) is 0 Å². The minimum Gasteiger partial charge on any atom is -0.293 e. The highest BCUT2D eigenvalue weighted by molar-refractivity contribution is 9.10. The summed E-state index contributed by atoms with van der Waals surface area (Å²) in [7, 11) is 0. The molecule has 0 aromatic heterocycles. The molecule has 1 aromatic carbocycles. The van der Waals surface area contributed by atoms with Crippen LogP contribution in [0.4, 0.5) is 0 Å². The van der Waals surface area contributed by atoms with Crippen LogP contribution in [0.15, 0.2) is 28.7 Å². The number of ketones is 1. The zero-order valence-electron chi connectivity index (χ0n) is 9.42. The largest absolute Gasteiger partial charge is 0.293 e. The van der Waals surface area contributed by atoms with Crippen LogP contribution in [-0.2, 0) is 0 Å². The molecule has 0 spiro atoms. The first kappa shape index (κ1) is 13.0. The van der Waals surface area contributed by atoms with Gasteiger partial charge in [-0.3, -0.25) is 4.79 Å². The van der Waals surface area contributed by atoms with Crippen LogP contribution in [0.2, 0.25) is 0 Å². The monoisotopic (exact) mass is 278 g/mol. The smallest absolute Gasteiger partial charge is 0.174 e. The van der Waals surface area contributed by atoms with Crippen molar-refractivity contribution < 1.29 is 4.79 Å². The molecule has 1 nitrogen and oxygen atoms in total. The maximum Gasteiger partial charge on any atom is 0.174 e. The van der Waals surface area contributed by atoms with Crippen LogP contribution < -0.4 is 0 Å². The molecule has 0 radical (unpaired) electrons. The second-order valence-electron chi connectivity index (χ2n) is 3.56. The van der Waals surface area contributed by atoms with E-state index in [-0.39, 0.29) is 5.78 Å². The predicted molar refractivity (Wildman–Crippen MR) is 70.4 cm³/mol. The lowest BCUT2D eigenvalue weighted by molar-refractivity contribution is 0.0998. The molecule has 0 saturated heterocycles. The van der Waals surface area contributed by atoms with Crippen LogP contribution in [0.25, 0.3) is 0 Å². The molecule has 0 aliphatic rings. The van der Waals surface area contributed by atoms with Gasteiger partial charge >= 0.3 is 0 Å². The summed E-state index contributed by atoms with van der Waals surface area (Å²) in [6.45, 7) is 2.13. The Morgan fingerprint density at radius 1 is 1.25 bits per heavy atom. The maximum absolute atomic E-state index is 11.7. The molecule has 0 heterocycles. The quantitative estimate of drug-likeness (QED) is 0.458. The van der Waals surface area contributed by atoms with E-state index in [4.69, 9.17) is 0 Å². The average Bonchev–Trinajstić information content (AvgIpc) is 2.29. The highest BCUT2D eigenvalue weighted by Gasteiger charge is 2.02. The summed E-state index contributed by atoms with van der Waals surface area (Å²) < 4.78 is 0.984. The molecule has 0 fully saturated rings. The Hall–Kier alpha value is -1.07. The van der Waals surface area contributed by atoms with E-state index in [2.05, 4.69) is 34.7 Å². The minimum atomic E-state index is 0.0940. The zero-order valence-corrected chi connectivity index (χ0v) is 11.0. The Morgan fingerprint density at radius 2 is 1.94 bits per heavy atom. The number of Topliss-reactive ketones (excluding diaryl/α,β-unsaturated/α-hetero) is 1. The summed E-state index contributed by atoms with van der Waals surface area (Å²) >= 11 is 3.34. The summed E-state index contributed by atoms with van der Waals surface area (Å²) in [6.07, 6.45) is 3.48. The minimum absolute atomic E-state index is 0.0940. The molecule has 16 heavy (non-hydrogen) atoms. The normalized spacial score (nSPS) is 9.38. The summed E-state index contributed by atoms with van der Waals surface area (Å²) in [5.74, 6) is 6.03. The fraction of sp³-hybridized carbons (Fsp3) is 0.357. The zero-order chi connectivity index (χ0) is 11.8. The molecule has 0 N–H and O–H groups in total. The maximum atomic E-state index is 11.7. The third kappa shape index (κ3) is 4.63. The van der Waals surface area contributed by atoms with E-state index < -0.39 is 0 Å². The van der Waals surface area contributed by atoms with E-state index in [0.717, 1.165) is 29.3 Å². The van der Waals surface area contributed by atoms with Gasteiger partial charge in [-0.15, -0.1) is 5.92 Å². The third-order valence-electron chi connectivity index (χ3n) is 2.20. The third-order valence-corrected chi connectivity index (χ3v) is 2.72. The number of benzene rings is 1.